The molecular weight excluding hydrogens is 312 g/mol. The van der Waals surface area contributed by atoms with E-state index in [-0.39, 0.29) is 22.4 Å². The lowest BCUT2D eigenvalue weighted by Gasteiger charge is -2.59. The van der Waals surface area contributed by atoms with Gasteiger partial charge in [0.1, 0.15) is 5.60 Å². The molecule has 0 heterocycles. The molecule has 0 aliphatic heterocycles. The topological polar surface area (TPSA) is 43.4 Å². The number of hydrogen-bond donors (Lipinski definition) is 0. The predicted octanol–water partition coefficient (Wildman–Crippen LogP) is 4.84. The van der Waals surface area contributed by atoms with E-state index in [4.69, 9.17) is 4.74 Å². The summed E-state index contributed by atoms with van der Waals surface area (Å²) in [5.74, 6) is 2.24. The Morgan fingerprint density at radius 3 is 2.48 bits per heavy atom. The smallest absolute Gasteiger partial charge is 0.303 e. The Bertz CT molecular complexity index is 650. The molecule has 138 valence electrons. The van der Waals surface area contributed by atoms with Crippen molar-refractivity contribution in [3.8, 4) is 0 Å². The zero-order valence-corrected chi connectivity index (χ0v) is 16.2. The molecule has 3 nitrogen and oxygen atoms in total. The Morgan fingerprint density at radius 1 is 1.04 bits per heavy atom. The molecule has 0 radical (unpaired) electrons. The van der Waals surface area contributed by atoms with Crippen LogP contribution in [0.2, 0.25) is 0 Å². The molecule has 0 amide bonds. The molecule has 3 fully saturated rings. The Hall–Kier alpha value is -1.12. The lowest BCUT2D eigenvalue weighted by Crippen LogP contribution is -2.55. The van der Waals surface area contributed by atoms with Crippen LogP contribution >= 0.6 is 0 Å². The van der Waals surface area contributed by atoms with Crippen molar-refractivity contribution < 1.29 is 14.3 Å². The number of ether oxygens (including phenoxy) is 1. The fourth-order valence-corrected chi connectivity index (χ4v) is 7.27. The lowest BCUT2D eigenvalue weighted by molar-refractivity contribution is -0.177. The average Bonchev–Trinajstić information content (AvgIpc) is 2.79. The summed E-state index contributed by atoms with van der Waals surface area (Å²) in [6.45, 7) is 8.52. The minimum Gasteiger partial charge on any atom is -0.459 e. The van der Waals surface area contributed by atoms with Gasteiger partial charge in [-0.2, -0.15) is 0 Å². The fraction of sp³-hybridized carbons (Fsp3) is 0.818. The molecule has 0 spiro atoms. The van der Waals surface area contributed by atoms with E-state index in [0.29, 0.717) is 23.5 Å². The van der Waals surface area contributed by atoms with Gasteiger partial charge in [0.05, 0.1) is 0 Å². The second-order valence-corrected chi connectivity index (χ2v) is 9.79. The lowest BCUT2D eigenvalue weighted by atomic mass is 9.46. The molecule has 3 saturated carbocycles. The number of fused-ring (bicyclic) bond motifs is 5. The Morgan fingerprint density at radius 2 is 1.76 bits per heavy atom. The van der Waals surface area contributed by atoms with Crippen molar-refractivity contribution in [3.63, 3.8) is 0 Å². The van der Waals surface area contributed by atoms with Crippen LogP contribution in [0.15, 0.2) is 11.6 Å². The van der Waals surface area contributed by atoms with Crippen LogP contribution in [0.3, 0.4) is 0 Å². The fourth-order valence-electron chi connectivity index (χ4n) is 7.27. The molecule has 0 N–H and O–H groups in total. The Balaban J connectivity index is 1.66. The Labute approximate surface area is 151 Å². The normalized spacial score (nSPS) is 48.9. The van der Waals surface area contributed by atoms with Crippen molar-refractivity contribution in [1.29, 1.82) is 0 Å². The molecule has 4 aliphatic carbocycles. The van der Waals surface area contributed by atoms with Gasteiger partial charge in [0, 0.05) is 18.8 Å². The van der Waals surface area contributed by atoms with E-state index >= 15 is 0 Å². The van der Waals surface area contributed by atoms with E-state index < -0.39 is 0 Å². The molecule has 0 saturated heterocycles. The van der Waals surface area contributed by atoms with Crippen LogP contribution in [-0.4, -0.2) is 17.4 Å². The zero-order valence-electron chi connectivity index (χ0n) is 16.2. The van der Waals surface area contributed by atoms with Gasteiger partial charge in [-0.1, -0.05) is 19.4 Å². The highest BCUT2D eigenvalue weighted by Gasteiger charge is 2.64. The molecule has 0 unspecified atom stereocenters. The van der Waals surface area contributed by atoms with Gasteiger partial charge in [-0.25, -0.2) is 0 Å². The molecule has 25 heavy (non-hydrogen) atoms. The van der Waals surface area contributed by atoms with Gasteiger partial charge in [0.15, 0.2) is 5.78 Å². The first-order chi connectivity index (χ1) is 11.7. The van der Waals surface area contributed by atoms with Crippen LogP contribution < -0.4 is 0 Å². The van der Waals surface area contributed by atoms with Crippen molar-refractivity contribution in [1.82, 2.24) is 0 Å². The summed E-state index contributed by atoms with van der Waals surface area (Å²) >= 11 is 0. The van der Waals surface area contributed by atoms with E-state index in [1.807, 2.05) is 6.08 Å². The van der Waals surface area contributed by atoms with E-state index in [0.717, 1.165) is 32.1 Å². The van der Waals surface area contributed by atoms with Crippen molar-refractivity contribution in [2.24, 2.45) is 28.6 Å². The predicted molar refractivity (Wildman–Crippen MR) is 96.9 cm³/mol. The first kappa shape index (κ1) is 17.3. The van der Waals surface area contributed by atoms with Crippen LogP contribution in [0.5, 0.6) is 0 Å². The minimum atomic E-state index is -0.311. The third kappa shape index (κ3) is 2.30. The molecule has 6 atom stereocenters. The number of allylic oxidation sites excluding steroid dienone is 1. The van der Waals surface area contributed by atoms with Gasteiger partial charge in [0.2, 0.25) is 0 Å². The summed E-state index contributed by atoms with van der Waals surface area (Å²) in [6.07, 6.45) is 10.5. The van der Waals surface area contributed by atoms with Crippen LogP contribution in [0.4, 0.5) is 0 Å². The van der Waals surface area contributed by atoms with Gasteiger partial charge in [-0.15, -0.1) is 0 Å². The first-order valence-electron chi connectivity index (χ1n) is 10.1. The SMILES string of the molecule is CC(=O)O[C@@]1(C)CC[C@@H]2[C@@H]3CCC4=CC(=O)CC[C@]4(C)[C@@H]3CC[C@@]21C. The van der Waals surface area contributed by atoms with Gasteiger partial charge in [0.25, 0.3) is 0 Å². The van der Waals surface area contributed by atoms with Crippen LogP contribution in [0, 0.1) is 28.6 Å². The Kier molecular flexibility index (Phi) is 3.76. The quantitative estimate of drug-likeness (QED) is 0.639. The van der Waals surface area contributed by atoms with E-state index in [9.17, 15) is 9.59 Å². The number of hydrogen-bond acceptors (Lipinski definition) is 3. The summed E-state index contributed by atoms with van der Waals surface area (Å²) in [6, 6.07) is 0. The third-order valence-corrected chi connectivity index (χ3v) is 8.86. The molecule has 4 aliphatic rings. The molecule has 3 heteroatoms. The van der Waals surface area contributed by atoms with Crippen molar-refractivity contribution in [2.75, 3.05) is 0 Å². The van der Waals surface area contributed by atoms with Crippen LogP contribution in [-0.2, 0) is 14.3 Å². The highest BCUT2D eigenvalue weighted by atomic mass is 16.6. The van der Waals surface area contributed by atoms with E-state index in [1.165, 1.54) is 24.8 Å². The molecular formula is C22H32O3. The van der Waals surface area contributed by atoms with Gasteiger partial charge in [-0.3, -0.25) is 9.59 Å². The van der Waals surface area contributed by atoms with E-state index in [1.54, 1.807) is 6.92 Å². The zero-order chi connectivity index (χ0) is 18.0. The molecule has 0 bridgehead atoms. The number of ketones is 1. The molecule has 0 aromatic rings. The summed E-state index contributed by atoms with van der Waals surface area (Å²) < 4.78 is 5.90. The summed E-state index contributed by atoms with van der Waals surface area (Å²) in [5, 5.41) is 0. The van der Waals surface area contributed by atoms with Crippen LogP contribution in [0.1, 0.15) is 79.1 Å². The minimum absolute atomic E-state index is 0.0991. The van der Waals surface area contributed by atoms with Gasteiger partial charge >= 0.3 is 5.97 Å². The summed E-state index contributed by atoms with van der Waals surface area (Å²) in [4.78, 5) is 23.6. The molecule has 0 aromatic heterocycles. The maximum Gasteiger partial charge on any atom is 0.303 e. The first-order valence-corrected chi connectivity index (χ1v) is 10.1. The second kappa shape index (κ2) is 5.44. The maximum absolute atomic E-state index is 11.9. The van der Waals surface area contributed by atoms with Crippen molar-refractivity contribution >= 4 is 11.8 Å². The summed E-state index contributed by atoms with van der Waals surface area (Å²) in [5.41, 5.74) is 1.43. The molecule has 4 rings (SSSR count). The third-order valence-electron chi connectivity index (χ3n) is 8.86. The highest BCUT2D eigenvalue weighted by molar-refractivity contribution is 5.91. The average molecular weight is 344 g/mol. The van der Waals surface area contributed by atoms with Crippen molar-refractivity contribution in [3.05, 3.63) is 11.6 Å². The van der Waals surface area contributed by atoms with E-state index in [2.05, 4.69) is 20.8 Å². The number of rotatable bonds is 1. The maximum atomic E-state index is 11.9. The monoisotopic (exact) mass is 344 g/mol. The van der Waals surface area contributed by atoms with Crippen molar-refractivity contribution in [2.45, 2.75) is 84.7 Å². The molecule has 0 aromatic carbocycles. The highest BCUT2D eigenvalue weighted by Crippen LogP contribution is 2.68. The summed E-state index contributed by atoms with van der Waals surface area (Å²) in [7, 11) is 0. The van der Waals surface area contributed by atoms with Gasteiger partial charge in [-0.05, 0) is 81.1 Å². The number of carbonyl (C=O) groups excluding carboxylic acids is 2. The largest absolute Gasteiger partial charge is 0.459 e. The van der Waals surface area contributed by atoms with Gasteiger partial charge < -0.3 is 4.74 Å². The number of esters is 1. The second-order valence-electron chi connectivity index (χ2n) is 9.79. The number of carbonyl (C=O) groups is 2. The standard InChI is InChI=1S/C22H32O3/c1-14(23)25-22(4)12-9-19-17-6-5-15-13-16(24)7-10-20(15,2)18(17)8-11-21(19,22)3/h13,17-19H,5-12H2,1-4H3/t17-,18-,19-,20+,21+,22+/m1/s1. The van der Waals surface area contributed by atoms with Crippen LogP contribution in [0.25, 0.3) is 0 Å².